The predicted molar refractivity (Wildman–Crippen MR) is 177 cm³/mol. The summed E-state index contributed by atoms with van der Waals surface area (Å²) in [5.74, 6) is -1.35. The molecule has 0 aliphatic carbocycles. The van der Waals surface area contributed by atoms with Crippen molar-refractivity contribution in [3.05, 3.63) is 164 Å². The summed E-state index contributed by atoms with van der Waals surface area (Å²) in [7, 11) is 5.40. The number of allylic oxidation sites excluding steroid dienone is 6. The first kappa shape index (κ1) is 33.9. The van der Waals surface area contributed by atoms with Crippen molar-refractivity contribution < 1.29 is 28.6 Å². The van der Waals surface area contributed by atoms with Gasteiger partial charge in [-0.05, 0) is 0 Å². The number of hydrogen-bond acceptors (Lipinski definition) is 9. The summed E-state index contributed by atoms with van der Waals surface area (Å²) in [5, 5.41) is 0. The van der Waals surface area contributed by atoms with Gasteiger partial charge in [0.05, 0.1) is 0 Å². The molecule has 43 heavy (non-hydrogen) atoms. The summed E-state index contributed by atoms with van der Waals surface area (Å²) in [6.45, 7) is 10.6. The van der Waals surface area contributed by atoms with Crippen molar-refractivity contribution in [2.24, 2.45) is 0 Å². The van der Waals surface area contributed by atoms with E-state index >= 15 is 0 Å². The summed E-state index contributed by atoms with van der Waals surface area (Å²) in [6, 6.07) is 21.9. The van der Waals surface area contributed by atoms with Crippen molar-refractivity contribution in [2.45, 2.75) is 14.7 Å². The Hall–Kier alpha value is -3.56. The Morgan fingerprint density at radius 1 is 0.488 bits per heavy atom. The predicted octanol–water partition coefficient (Wildman–Crippen LogP) is 8.92. The van der Waals surface area contributed by atoms with Gasteiger partial charge in [-0.1, -0.05) is 0 Å². The van der Waals surface area contributed by atoms with Crippen LogP contribution in [0.2, 0.25) is 0 Å². The minimum absolute atomic E-state index is 0.445. The van der Waals surface area contributed by atoms with Gasteiger partial charge in [0.25, 0.3) is 0 Å². The number of carbonyl (C=O) groups is 3. The van der Waals surface area contributed by atoms with Crippen LogP contribution < -0.4 is 0 Å². The molecule has 3 aromatic rings. The van der Waals surface area contributed by atoms with E-state index in [0.717, 1.165) is 14.7 Å². The quantitative estimate of drug-likeness (QED) is 0.0491. The number of benzene rings is 3. The topological polar surface area (TPSA) is 78.9 Å². The molecule has 218 valence electrons. The van der Waals surface area contributed by atoms with Crippen molar-refractivity contribution in [1.82, 2.24) is 0 Å². The van der Waals surface area contributed by atoms with E-state index in [1.807, 2.05) is 36.4 Å². The van der Waals surface area contributed by atoms with Gasteiger partial charge in [0.1, 0.15) is 0 Å². The van der Waals surface area contributed by atoms with Gasteiger partial charge >= 0.3 is 269 Å². The average Bonchev–Trinajstić information content (AvgIpc) is 3.02. The van der Waals surface area contributed by atoms with Crippen LogP contribution in [0.5, 0.6) is 0 Å². The Balaban J connectivity index is 1.76. The third-order valence-electron chi connectivity index (χ3n) is 4.98. The number of esters is 3. The molecule has 0 aliphatic heterocycles. The maximum absolute atomic E-state index is 12.2. The monoisotopic (exact) mass is 824 g/mol. The van der Waals surface area contributed by atoms with Gasteiger partial charge in [0.2, 0.25) is 0 Å². The molecule has 0 unspecified atom stereocenters. The molecule has 0 aliphatic rings. The molecule has 0 amide bonds. The molecular formula is C33H27BiO6S3. The van der Waals surface area contributed by atoms with Gasteiger partial charge in [-0.15, -0.1) is 0 Å². The molecule has 0 spiro atoms. The van der Waals surface area contributed by atoms with Crippen LogP contribution in [0.15, 0.2) is 162 Å². The summed E-state index contributed by atoms with van der Waals surface area (Å²) < 4.78 is 15.2. The molecule has 10 heteroatoms. The van der Waals surface area contributed by atoms with Crippen LogP contribution in [-0.2, 0) is 14.2 Å². The molecular weight excluding hydrogens is 798 g/mol. The third kappa shape index (κ3) is 11.9. The second-order valence-corrected chi connectivity index (χ2v) is 33.8. The molecule has 0 fully saturated rings. The molecule has 0 saturated carbocycles. The minimum atomic E-state index is -2.56. The van der Waals surface area contributed by atoms with Gasteiger partial charge in [0, 0.05) is 0 Å². The van der Waals surface area contributed by atoms with Crippen molar-refractivity contribution in [3.63, 3.8) is 0 Å². The van der Waals surface area contributed by atoms with Gasteiger partial charge < -0.3 is 0 Å². The van der Waals surface area contributed by atoms with Crippen molar-refractivity contribution in [3.8, 4) is 0 Å². The number of hydrogen-bond donors (Lipinski definition) is 0. The third-order valence-corrected chi connectivity index (χ3v) is 31.2. The molecule has 0 radical (unpaired) electrons. The van der Waals surface area contributed by atoms with E-state index in [0.29, 0.717) is 16.7 Å². The summed E-state index contributed by atoms with van der Waals surface area (Å²) in [6.07, 6.45) is 13.1. The fraction of sp³-hybridized carbons (Fsp3) is 0. The van der Waals surface area contributed by atoms with E-state index in [1.165, 1.54) is 37.0 Å². The molecule has 0 saturated heterocycles. The molecule has 0 aromatic heterocycles. The van der Waals surface area contributed by atoms with Crippen molar-refractivity contribution >= 4 is 60.8 Å². The van der Waals surface area contributed by atoms with Crippen molar-refractivity contribution in [2.75, 3.05) is 0 Å². The fourth-order valence-corrected chi connectivity index (χ4v) is 32.5. The number of ether oxygens (including phenoxy) is 3. The van der Waals surface area contributed by atoms with Crippen LogP contribution in [0.3, 0.4) is 0 Å². The molecule has 3 aromatic carbocycles. The number of carbonyl (C=O) groups excluding carboxylic acids is 3. The van der Waals surface area contributed by atoms with Crippen LogP contribution in [0.1, 0.15) is 31.1 Å². The standard InChI is InChI=1S/3C11H10O2S.Bi/c3*1-2-3-8-13-11(12)9-4-6-10(14)7-5-9;/h3*2-8,14H,1H2;/q;;;+3/p-3. The first-order valence-corrected chi connectivity index (χ1v) is 27.6. The zero-order chi connectivity index (χ0) is 30.9. The Kier molecular flexibility index (Phi) is 14.9. The van der Waals surface area contributed by atoms with Gasteiger partial charge in [-0.3, -0.25) is 0 Å². The SMILES string of the molecule is C=CC=COC(=O)c1ccc([S][Bi]([S]c2ccc(C(=O)OC=CC=C)cc2)[S]c2ccc(C(=O)OC=CC=C)cc2)cc1. The molecule has 0 N–H and O–H groups in total. The van der Waals surface area contributed by atoms with Crippen LogP contribution in [0.4, 0.5) is 0 Å². The van der Waals surface area contributed by atoms with E-state index in [4.69, 9.17) is 14.2 Å². The summed E-state index contributed by atoms with van der Waals surface area (Å²) >= 11 is -2.56. The van der Waals surface area contributed by atoms with Crippen LogP contribution >= 0.6 is 25.6 Å². The second kappa shape index (κ2) is 18.9. The van der Waals surface area contributed by atoms with Gasteiger partial charge in [-0.2, -0.15) is 0 Å². The van der Waals surface area contributed by atoms with Gasteiger partial charge in [-0.25, -0.2) is 0 Å². The average molecular weight is 825 g/mol. The normalized spacial score (nSPS) is 11.1. The zero-order valence-corrected chi connectivity index (χ0v) is 28.8. The molecule has 3 rings (SSSR count). The van der Waals surface area contributed by atoms with E-state index in [-0.39, 0.29) is 0 Å². The Labute approximate surface area is 266 Å². The first-order chi connectivity index (χ1) is 20.9. The van der Waals surface area contributed by atoms with Crippen LogP contribution in [0, 0.1) is 0 Å². The Bertz CT molecular complexity index is 1330. The fourth-order valence-electron chi connectivity index (χ4n) is 2.94. The summed E-state index contributed by atoms with van der Waals surface area (Å²) in [5.41, 5.74) is 1.33. The van der Waals surface area contributed by atoms with E-state index in [9.17, 15) is 14.4 Å². The summed E-state index contributed by atoms with van der Waals surface area (Å²) in [4.78, 5) is 39.8. The number of rotatable bonds is 15. The molecule has 0 atom stereocenters. The first-order valence-electron chi connectivity index (χ1n) is 12.5. The van der Waals surface area contributed by atoms with E-state index in [2.05, 4.69) is 19.7 Å². The molecule has 6 nitrogen and oxygen atoms in total. The van der Waals surface area contributed by atoms with Crippen LogP contribution in [0.25, 0.3) is 0 Å². The maximum atomic E-state index is 12.2. The molecule has 0 bridgehead atoms. The Morgan fingerprint density at radius 2 is 0.744 bits per heavy atom. The van der Waals surface area contributed by atoms with Gasteiger partial charge in [0.15, 0.2) is 0 Å². The van der Waals surface area contributed by atoms with E-state index < -0.39 is 35.3 Å². The zero-order valence-electron chi connectivity index (χ0n) is 22.9. The van der Waals surface area contributed by atoms with Crippen molar-refractivity contribution in [1.29, 1.82) is 0 Å². The van der Waals surface area contributed by atoms with E-state index in [1.54, 1.807) is 80.2 Å². The molecule has 0 heterocycles. The van der Waals surface area contributed by atoms with Crippen LogP contribution in [-0.4, -0.2) is 35.3 Å². The second-order valence-electron chi connectivity index (χ2n) is 7.98. The Morgan fingerprint density at radius 3 is 0.977 bits per heavy atom.